The molecular weight excluding hydrogens is 297 g/mol. The van der Waals surface area contributed by atoms with Crippen LogP contribution < -0.4 is 4.74 Å². The van der Waals surface area contributed by atoms with Gasteiger partial charge in [-0.3, -0.25) is 4.99 Å². The zero-order valence-corrected chi connectivity index (χ0v) is 12.3. The van der Waals surface area contributed by atoms with Gasteiger partial charge < -0.3 is 9.84 Å². The highest BCUT2D eigenvalue weighted by molar-refractivity contribution is 6.36. The van der Waals surface area contributed by atoms with E-state index in [1.807, 2.05) is 6.92 Å². The van der Waals surface area contributed by atoms with Crippen molar-refractivity contribution in [3.63, 3.8) is 0 Å². The van der Waals surface area contributed by atoms with Crippen LogP contribution >= 0.6 is 23.2 Å². The van der Waals surface area contributed by atoms with Crippen LogP contribution in [0.1, 0.15) is 12.5 Å². The van der Waals surface area contributed by atoms with Crippen molar-refractivity contribution in [1.29, 1.82) is 0 Å². The van der Waals surface area contributed by atoms with E-state index >= 15 is 0 Å². The Bertz CT molecular complexity index is 642. The second-order valence-electron chi connectivity index (χ2n) is 3.98. The maximum atomic E-state index is 10.0. The molecule has 0 heterocycles. The number of phenols is 1. The van der Waals surface area contributed by atoms with Gasteiger partial charge in [-0.15, -0.1) is 0 Å². The number of phenolic OH excluding ortho intramolecular Hbond substituents is 1. The van der Waals surface area contributed by atoms with E-state index in [1.165, 1.54) is 6.21 Å². The number of nitrogens with zero attached hydrogens (tertiary/aromatic N) is 1. The number of hydrogen-bond acceptors (Lipinski definition) is 3. The van der Waals surface area contributed by atoms with Crippen LogP contribution in [0.2, 0.25) is 10.0 Å². The van der Waals surface area contributed by atoms with Crippen molar-refractivity contribution < 1.29 is 9.84 Å². The van der Waals surface area contributed by atoms with Gasteiger partial charge in [-0.05, 0) is 37.3 Å². The number of para-hydroxylation sites is 1. The number of aromatic hydroxyl groups is 1. The first kappa shape index (κ1) is 14.7. The third-order valence-electron chi connectivity index (χ3n) is 2.58. The Kier molecular flexibility index (Phi) is 4.88. The molecule has 0 amide bonds. The lowest BCUT2D eigenvalue weighted by atomic mass is 10.2. The molecule has 0 aliphatic carbocycles. The highest BCUT2D eigenvalue weighted by Crippen LogP contribution is 2.31. The minimum absolute atomic E-state index is 0.0585. The molecule has 104 valence electrons. The fraction of sp³-hybridized carbons (Fsp3) is 0.133. The highest BCUT2D eigenvalue weighted by atomic mass is 35.5. The van der Waals surface area contributed by atoms with Crippen LogP contribution in [0.5, 0.6) is 11.5 Å². The van der Waals surface area contributed by atoms with Crippen LogP contribution in [0.3, 0.4) is 0 Å². The maximum Gasteiger partial charge on any atom is 0.166 e. The first-order chi connectivity index (χ1) is 9.61. The Morgan fingerprint density at radius 3 is 2.75 bits per heavy atom. The molecule has 0 aromatic heterocycles. The number of rotatable bonds is 4. The fourth-order valence-corrected chi connectivity index (χ4v) is 2.10. The van der Waals surface area contributed by atoms with Gasteiger partial charge in [0.25, 0.3) is 0 Å². The summed E-state index contributed by atoms with van der Waals surface area (Å²) in [6.07, 6.45) is 1.53. The summed E-state index contributed by atoms with van der Waals surface area (Å²) in [7, 11) is 0. The molecule has 5 heteroatoms. The molecule has 3 nitrogen and oxygen atoms in total. The van der Waals surface area contributed by atoms with Gasteiger partial charge in [-0.2, -0.15) is 0 Å². The second-order valence-corrected chi connectivity index (χ2v) is 4.82. The average Bonchev–Trinajstić information content (AvgIpc) is 2.42. The lowest BCUT2D eigenvalue weighted by Crippen LogP contribution is -1.93. The van der Waals surface area contributed by atoms with E-state index in [9.17, 15) is 5.11 Å². The predicted octanol–water partition coefficient (Wildman–Crippen LogP) is 4.85. The van der Waals surface area contributed by atoms with Crippen LogP contribution in [0, 0.1) is 0 Å². The van der Waals surface area contributed by atoms with Crippen molar-refractivity contribution in [3.05, 3.63) is 52.0 Å². The molecule has 0 bridgehead atoms. The van der Waals surface area contributed by atoms with Gasteiger partial charge in [0.2, 0.25) is 0 Å². The molecule has 0 atom stereocenters. The maximum absolute atomic E-state index is 10.0. The molecule has 1 N–H and O–H groups in total. The summed E-state index contributed by atoms with van der Waals surface area (Å²) in [6.45, 7) is 2.34. The van der Waals surface area contributed by atoms with Crippen molar-refractivity contribution in [2.75, 3.05) is 6.61 Å². The Hall–Kier alpha value is -1.71. The summed E-state index contributed by atoms with van der Waals surface area (Å²) < 4.78 is 5.31. The van der Waals surface area contributed by atoms with E-state index in [0.717, 1.165) is 0 Å². The van der Waals surface area contributed by atoms with Gasteiger partial charge in [0.15, 0.2) is 11.5 Å². The number of ether oxygens (including phenoxy) is 1. The fourth-order valence-electron chi connectivity index (χ4n) is 1.64. The zero-order valence-electron chi connectivity index (χ0n) is 10.8. The predicted molar refractivity (Wildman–Crippen MR) is 83.0 cm³/mol. The number of hydrogen-bond donors (Lipinski definition) is 1. The van der Waals surface area contributed by atoms with Crippen molar-refractivity contribution in [2.24, 2.45) is 4.99 Å². The van der Waals surface area contributed by atoms with Crippen LogP contribution in [0.25, 0.3) is 0 Å². The standard InChI is InChI=1S/C15H13Cl2NO2/c1-2-20-14-5-3-4-10(15(14)19)9-18-13-7-6-11(16)8-12(13)17/h3-9,19H,2H2,1H3. The summed E-state index contributed by atoms with van der Waals surface area (Å²) in [4.78, 5) is 4.25. The van der Waals surface area contributed by atoms with Crippen LogP contribution in [-0.2, 0) is 0 Å². The van der Waals surface area contributed by atoms with Crippen LogP contribution in [-0.4, -0.2) is 17.9 Å². The molecule has 0 radical (unpaired) electrons. The average molecular weight is 310 g/mol. The van der Waals surface area contributed by atoms with Gasteiger partial charge in [-0.25, -0.2) is 0 Å². The third kappa shape index (κ3) is 3.44. The monoisotopic (exact) mass is 309 g/mol. The molecule has 0 aliphatic rings. The quantitative estimate of drug-likeness (QED) is 0.820. The van der Waals surface area contributed by atoms with Gasteiger partial charge in [0.1, 0.15) is 0 Å². The van der Waals surface area contributed by atoms with E-state index in [2.05, 4.69) is 4.99 Å². The van der Waals surface area contributed by atoms with Gasteiger partial charge >= 0.3 is 0 Å². The lowest BCUT2D eigenvalue weighted by Gasteiger charge is -2.07. The zero-order chi connectivity index (χ0) is 14.5. The molecule has 0 spiro atoms. The van der Waals surface area contributed by atoms with Crippen LogP contribution in [0.15, 0.2) is 41.4 Å². The minimum atomic E-state index is 0.0585. The number of halogens is 2. The smallest absolute Gasteiger partial charge is 0.166 e. The van der Waals surface area contributed by atoms with Gasteiger partial charge in [-0.1, -0.05) is 29.3 Å². The summed E-state index contributed by atoms with van der Waals surface area (Å²) in [5.41, 5.74) is 1.14. The van der Waals surface area contributed by atoms with Crippen molar-refractivity contribution >= 4 is 35.1 Å². The first-order valence-corrected chi connectivity index (χ1v) is 6.81. The minimum Gasteiger partial charge on any atom is -0.504 e. The van der Waals surface area contributed by atoms with Gasteiger partial charge in [0.05, 0.1) is 17.3 Å². The molecule has 0 aliphatic heterocycles. The molecule has 0 unspecified atom stereocenters. The van der Waals surface area contributed by atoms with E-state index in [0.29, 0.717) is 33.7 Å². The normalized spacial score (nSPS) is 10.9. The van der Waals surface area contributed by atoms with E-state index in [-0.39, 0.29) is 5.75 Å². The van der Waals surface area contributed by atoms with Crippen molar-refractivity contribution in [1.82, 2.24) is 0 Å². The van der Waals surface area contributed by atoms with Crippen LogP contribution in [0.4, 0.5) is 5.69 Å². The van der Waals surface area contributed by atoms with Gasteiger partial charge in [0, 0.05) is 16.8 Å². The molecule has 0 fully saturated rings. The number of aliphatic imine (C=N–C) groups is 1. The number of benzene rings is 2. The lowest BCUT2D eigenvalue weighted by molar-refractivity contribution is 0.318. The summed E-state index contributed by atoms with van der Waals surface area (Å²) >= 11 is 11.9. The molecular formula is C15H13Cl2NO2. The largest absolute Gasteiger partial charge is 0.504 e. The Morgan fingerprint density at radius 1 is 1.25 bits per heavy atom. The van der Waals surface area contributed by atoms with Crippen molar-refractivity contribution in [2.45, 2.75) is 6.92 Å². The molecule has 20 heavy (non-hydrogen) atoms. The highest BCUT2D eigenvalue weighted by Gasteiger charge is 2.06. The molecule has 2 rings (SSSR count). The summed E-state index contributed by atoms with van der Waals surface area (Å²) in [6, 6.07) is 10.3. The topological polar surface area (TPSA) is 41.8 Å². The molecule has 0 saturated heterocycles. The third-order valence-corrected chi connectivity index (χ3v) is 3.12. The Morgan fingerprint density at radius 2 is 2.05 bits per heavy atom. The summed E-state index contributed by atoms with van der Waals surface area (Å²) in [5, 5.41) is 11.0. The Balaban J connectivity index is 2.29. The molecule has 0 saturated carbocycles. The summed E-state index contributed by atoms with van der Waals surface area (Å²) in [5.74, 6) is 0.488. The van der Waals surface area contributed by atoms with E-state index in [1.54, 1.807) is 36.4 Å². The second kappa shape index (κ2) is 6.64. The SMILES string of the molecule is CCOc1cccc(C=Nc2ccc(Cl)cc2Cl)c1O. The molecule has 2 aromatic carbocycles. The van der Waals surface area contributed by atoms with Crippen molar-refractivity contribution in [3.8, 4) is 11.5 Å². The van der Waals surface area contributed by atoms with E-state index in [4.69, 9.17) is 27.9 Å². The van der Waals surface area contributed by atoms with E-state index < -0.39 is 0 Å². The Labute approximate surface area is 127 Å². The first-order valence-electron chi connectivity index (χ1n) is 6.05. The molecule has 2 aromatic rings.